The average molecular weight is 265 g/mol. The van der Waals surface area contributed by atoms with Crippen LogP contribution in [0, 0.1) is 16.7 Å². The van der Waals surface area contributed by atoms with Crippen molar-refractivity contribution >= 4 is 22.1 Å². The van der Waals surface area contributed by atoms with E-state index < -0.39 is 0 Å². The van der Waals surface area contributed by atoms with E-state index in [1.807, 2.05) is 13.0 Å². The molecule has 0 spiro atoms. The molecule has 1 aromatic carbocycles. The zero-order valence-electron chi connectivity index (χ0n) is 10.8. The fourth-order valence-corrected chi connectivity index (χ4v) is 2.32. The Balaban J connectivity index is 2.66. The van der Waals surface area contributed by atoms with Crippen molar-refractivity contribution in [3.05, 3.63) is 51.6 Å². The number of fused-ring (bicyclic) bond motifs is 2. The van der Waals surface area contributed by atoms with Crippen LogP contribution in [-0.2, 0) is 6.54 Å². The largest absolute Gasteiger partial charge is 0.439 e. The smallest absolute Gasteiger partial charge is 0.212 e. The normalized spacial score (nSPS) is 10.8. The van der Waals surface area contributed by atoms with Gasteiger partial charge in [0.15, 0.2) is 0 Å². The van der Waals surface area contributed by atoms with Gasteiger partial charge in [-0.15, -0.1) is 0 Å². The van der Waals surface area contributed by atoms with Gasteiger partial charge < -0.3 is 4.42 Å². The first-order chi connectivity index (χ1) is 9.67. The van der Waals surface area contributed by atoms with E-state index in [1.165, 1.54) is 10.6 Å². The van der Waals surface area contributed by atoms with Crippen LogP contribution < -0.4 is 10.9 Å². The lowest BCUT2D eigenvalue weighted by atomic mass is 10.1. The van der Waals surface area contributed by atoms with Crippen molar-refractivity contribution in [2.45, 2.75) is 13.5 Å². The summed E-state index contributed by atoms with van der Waals surface area (Å²) in [5, 5.41) is 17.9. The highest BCUT2D eigenvalue weighted by Gasteiger charge is 2.13. The Kier molecular flexibility index (Phi) is 2.65. The summed E-state index contributed by atoms with van der Waals surface area (Å²) < 4.78 is 7.29. The first kappa shape index (κ1) is 12.2. The molecule has 98 valence electrons. The molecule has 2 aromatic heterocycles. The predicted octanol–water partition coefficient (Wildman–Crippen LogP) is 2.12. The summed E-state index contributed by atoms with van der Waals surface area (Å²) in [5.74, 6) is 0. The van der Waals surface area contributed by atoms with Crippen molar-refractivity contribution in [2.24, 2.45) is 0 Å². The van der Waals surface area contributed by atoms with Gasteiger partial charge in [-0.1, -0.05) is 12.1 Å². The van der Waals surface area contributed by atoms with E-state index in [1.54, 1.807) is 24.3 Å². The number of rotatable bonds is 1. The molecular formula is C15H11N3O2. The lowest BCUT2D eigenvalue weighted by molar-refractivity contribution is 0.583. The van der Waals surface area contributed by atoms with E-state index >= 15 is 0 Å². The number of aryl methyl sites for hydroxylation is 1. The lowest BCUT2D eigenvalue weighted by Gasteiger charge is -2.09. The number of nitrogens with zero attached hydrogens (tertiary/aromatic N) is 2. The fraction of sp³-hybridized carbons (Fsp3) is 0.133. The van der Waals surface area contributed by atoms with Crippen LogP contribution in [0.4, 0.5) is 0 Å². The number of nitriles is 1. The molecule has 0 aliphatic heterocycles. The molecule has 0 saturated heterocycles. The van der Waals surface area contributed by atoms with Crippen LogP contribution in [0.3, 0.4) is 0 Å². The van der Waals surface area contributed by atoms with Crippen LogP contribution in [0.25, 0.3) is 22.1 Å². The van der Waals surface area contributed by atoms with Gasteiger partial charge in [-0.2, -0.15) is 5.26 Å². The van der Waals surface area contributed by atoms with Gasteiger partial charge in [0, 0.05) is 6.54 Å². The number of para-hydroxylation sites is 1. The molecule has 0 unspecified atom stereocenters. The number of hydrogen-bond acceptors (Lipinski definition) is 4. The number of aromatic nitrogens is 1. The fourth-order valence-electron chi connectivity index (χ4n) is 2.32. The van der Waals surface area contributed by atoms with E-state index in [9.17, 15) is 4.79 Å². The molecule has 5 nitrogen and oxygen atoms in total. The SMILES string of the molecule is CCn1c(=N)c(C#N)cc2c(=O)c3ccccc3oc21. The highest BCUT2D eigenvalue weighted by atomic mass is 16.3. The van der Waals surface area contributed by atoms with Gasteiger partial charge in [-0.25, -0.2) is 0 Å². The molecule has 0 fully saturated rings. The number of benzene rings is 1. The number of pyridine rings is 1. The van der Waals surface area contributed by atoms with Crippen molar-refractivity contribution in [1.29, 1.82) is 10.7 Å². The zero-order valence-corrected chi connectivity index (χ0v) is 10.8. The molecule has 0 aliphatic carbocycles. The third kappa shape index (κ3) is 1.55. The third-order valence-electron chi connectivity index (χ3n) is 3.31. The predicted molar refractivity (Wildman–Crippen MR) is 74.2 cm³/mol. The molecule has 0 amide bonds. The standard InChI is InChI=1S/C15H11N3O2/c1-2-18-14(17)9(8-16)7-11-13(19)10-5-3-4-6-12(10)20-15(11)18/h3-7,17H,2H2,1H3. The topological polar surface area (TPSA) is 82.8 Å². The van der Waals surface area contributed by atoms with Crippen LogP contribution >= 0.6 is 0 Å². The molecule has 0 aliphatic rings. The van der Waals surface area contributed by atoms with Crippen molar-refractivity contribution < 1.29 is 4.42 Å². The molecule has 0 bridgehead atoms. The van der Waals surface area contributed by atoms with E-state index in [0.717, 1.165) is 0 Å². The molecule has 5 heteroatoms. The van der Waals surface area contributed by atoms with Crippen LogP contribution in [-0.4, -0.2) is 4.57 Å². The van der Waals surface area contributed by atoms with Gasteiger partial charge in [-0.05, 0) is 25.1 Å². The highest BCUT2D eigenvalue weighted by molar-refractivity contribution is 5.88. The molecule has 20 heavy (non-hydrogen) atoms. The molecule has 1 N–H and O–H groups in total. The minimum absolute atomic E-state index is 0.0564. The number of nitrogens with one attached hydrogen (secondary N) is 1. The van der Waals surface area contributed by atoms with Gasteiger partial charge >= 0.3 is 0 Å². The van der Waals surface area contributed by atoms with Crippen molar-refractivity contribution in [3.63, 3.8) is 0 Å². The van der Waals surface area contributed by atoms with Gasteiger partial charge in [0.1, 0.15) is 17.1 Å². The molecule has 0 radical (unpaired) electrons. The Morgan fingerprint density at radius 3 is 2.80 bits per heavy atom. The molecular weight excluding hydrogens is 254 g/mol. The highest BCUT2D eigenvalue weighted by Crippen LogP contribution is 2.17. The minimum atomic E-state index is -0.180. The van der Waals surface area contributed by atoms with Crippen LogP contribution in [0.2, 0.25) is 0 Å². The first-order valence-electron chi connectivity index (χ1n) is 6.21. The van der Waals surface area contributed by atoms with Crippen molar-refractivity contribution in [3.8, 4) is 6.07 Å². The first-order valence-corrected chi connectivity index (χ1v) is 6.21. The van der Waals surface area contributed by atoms with Crippen LogP contribution in [0.1, 0.15) is 12.5 Å². The monoisotopic (exact) mass is 265 g/mol. The Morgan fingerprint density at radius 2 is 2.10 bits per heavy atom. The maximum atomic E-state index is 12.5. The number of hydrogen-bond donors (Lipinski definition) is 1. The summed E-state index contributed by atoms with van der Waals surface area (Å²) in [7, 11) is 0. The second-order valence-electron chi connectivity index (χ2n) is 4.41. The maximum absolute atomic E-state index is 12.5. The summed E-state index contributed by atoms with van der Waals surface area (Å²) in [6, 6.07) is 10.4. The molecule has 3 rings (SSSR count). The molecule has 3 aromatic rings. The second-order valence-corrected chi connectivity index (χ2v) is 4.41. The minimum Gasteiger partial charge on any atom is -0.439 e. The van der Waals surface area contributed by atoms with Gasteiger partial charge in [-0.3, -0.25) is 14.8 Å². The second kappa shape index (κ2) is 4.35. The van der Waals surface area contributed by atoms with Crippen LogP contribution in [0.5, 0.6) is 0 Å². The average Bonchev–Trinajstić information content (AvgIpc) is 2.47. The third-order valence-corrected chi connectivity index (χ3v) is 3.31. The van der Waals surface area contributed by atoms with Crippen molar-refractivity contribution in [1.82, 2.24) is 4.57 Å². The van der Waals surface area contributed by atoms with E-state index in [0.29, 0.717) is 28.6 Å². The van der Waals surface area contributed by atoms with Gasteiger partial charge in [0.05, 0.1) is 16.3 Å². The molecule has 0 saturated carbocycles. The quantitative estimate of drug-likeness (QED) is 0.684. The summed E-state index contributed by atoms with van der Waals surface area (Å²) in [6.07, 6.45) is 0. The Bertz CT molecular complexity index is 990. The Labute approximate surface area is 113 Å². The van der Waals surface area contributed by atoms with E-state index in [2.05, 4.69) is 0 Å². The molecule has 0 atom stereocenters. The van der Waals surface area contributed by atoms with Gasteiger partial charge in [0.25, 0.3) is 0 Å². The zero-order chi connectivity index (χ0) is 14.3. The van der Waals surface area contributed by atoms with Gasteiger partial charge in [0.2, 0.25) is 11.1 Å². The van der Waals surface area contributed by atoms with E-state index in [-0.39, 0.29) is 16.5 Å². The summed E-state index contributed by atoms with van der Waals surface area (Å²) in [5.41, 5.74) is 0.861. The van der Waals surface area contributed by atoms with Crippen LogP contribution in [0.15, 0.2) is 39.5 Å². The Morgan fingerprint density at radius 1 is 1.35 bits per heavy atom. The molecule has 2 heterocycles. The summed E-state index contributed by atoms with van der Waals surface area (Å²) in [4.78, 5) is 12.5. The lowest BCUT2D eigenvalue weighted by Crippen LogP contribution is -2.24. The van der Waals surface area contributed by atoms with E-state index in [4.69, 9.17) is 15.1 Å². The summed E-state index contributed by atoms with van der Waals surface area (Å²) >= 11 is 0. The summed E-state index contributed by atoms with van der Waals surface area (Å²) in [6.45, 7) is 2.29. The maximum Gasteiger partial charge on any atom is 0.212 e. The van der Waals surface area contributed by atoms with Crippen molar-refractivity contribution in [2.75, 3.05) is 0 Å². The Hall–Kier alpha value is -2.87.